The molecule has 1 saturated heterocycles. The second-order valence-electron chi connectivity index (χ2n) is 4.19. The molecule has 1 unspecified atom stereocenters. The third kappa shape index (κ3) is 2.14. The van der Waals surface area contributed by atoms with Gasteiger partial charge in [0.2, 0.25) is 0 Å². The molecular weight excluding hydrogens is 234 g/mol. The molecule has 6 nitrogen and oxygen atoms in total. The first kappa shape index (κ1) is 11.0. The van der Waals surface area contributed by atoms with Gasteiger partial charge in [-0.05, 0) is 12.5 Å². The molecule has 0 aliphatic carbocycles. The molecule has 0 bridgehead atoms. The summed E-state index contributed by atoms with van der Waals surface area (Å²) in [6, 6.07) is 1.88. The standard InChI is InChI=1S/C12H13N3O3/c16-12(9-1-3-17-7-9)14-10-5-13-15(6-10)11-2-4-18-8-11/h1,3,5-7,11H,2,4,8H2,(H,14,16). The molecular formula is C12H13N3O3. The number of ether oxygens (including phenoxy) is 1. The summed E-state index contributed by atoms with van der Waals surface area (Å²) in [5, 5.41) is 7.00. The van der Waals surface area contributed by atoms with Crippen LogP contribution < -0.4 is 5.32 Å². The smallest absolute Gasteiger partial charge is 0.259 e. The number of hydrogen-bond acceptors (Lipinski definition) is 4. The van der Waals surface area contributed by atoms with E-state index in [1.807, 2.05) is 10.9 Å². The van der Waals surface area contributed by atoms with Crippen LogP contribution in [0.2, 0.25) is 0 Å². The lowest BCUT2D eigenvalue weighted by molar-refractivity contribution is 0.102. The van der Waals surface area contributed by atoms with Gasteiger partial charge in [-0.2, -0.15) is 5.10 Å². The number of nitrogens with zero attached hydrogens (tertiary/aromatic N) is 2. The van der Waals surface area contributed by atoms with E-state index in [0.717, 1.165) is 13.0 Å². The molecule has 0 spiro atoms. The largest absolute Gasteiger partial charge is 0.472 e. The van der Waals surface area contributed by atoms with E-state index in [-0.39, 0.29) is 11.9 Å². The van der Waals surface area contributed by atoms with E-state index in [1.165, 1.54) is 12.5 Å². The molecule has 2 aromatic rings. The van der Waals surface area contributed by atoms with Crippen molar-refractivity contribution in [2.24, 2.45) is 0 Å². The lowest BCUT2D eigenvalue weighted by Gasteiger charge is -2.06. The Hall–Kier alpha value is -2.08. The van der Waals surface area contributed by atoms with Crippen LogP contribution in [0.15, 0.2) is 35.4 Å². The predicted octanol–water partition coefficient (Wildman–Crippen LogP) is 1.69. The summed E-state index contributed by atoms with van der Waals surface area (Å²) in [5.41, 5.74) is 1.17. The van der Waals surface area contributed by atoms with Crippen LogP contribution in [0, 0.1) is 0 Å². The first-order valence-electron chi connectivity index (χ1n) is 5.78. The maximum absolute atomic E-state index is 11.8. The molecule has 0 radical (unpaired) electrons. The molecule has 0 aromatic carbocycles. The molecule has 18 heavy (non-hydrogen) atoms. The van der Waals surface area contributed by atoms with E-state index in [2.05, 4.69) is 10.4 Å². The maximum atomic E-state index is 11.8. The first-order valence-corrected chi connectivity index (χ1v) is 5.78. The van der Waals surface area contributed by atoms with Gasteiger partial charge >= 0.3 is 0 Å². The lowest BCUT2D eigenvalue weighted by atomic mass is 10.3. The van der Waals surface area contributed by atoms with Crippen LogP contribution in [0.1, 0.15) is 22.8 Å². The zero-order valence-corrected chi connectivity index (χ0v) is 9.70. The van der Waals surface area contributed by atoms with Crippen LogP contribution in [0.25, 0.3) is 0 Å². The second-order valence-corrected chi connectivity index (χ2v) is 4.19. The van der Waals surface area contributed by atoms with E-state index < -0.39 is 0 Å². The van der Waals surface area contributed by atoms with Crippen LogP contribution in [-0.2, 0) is 4.74 Å². The van der Waals surface area contributed by atoms with Crippen LogP contribution in [0.5, 0.6) is 0 Å². The van der Waals surface area contributed by atoms with E-state index in [0.29, 0.717) is 17.9 Å². The Balaban J connectivity index is 1.68. The SMILES string of the molecule is O=C(Nc1cnn(C2CCOC2)c1)c1ccoc1. The monoisotopic (exact) mass is 247 g/mol. The summed E-state index contributed by atoms with van der Waals surface area (Å²) in [5.74, 6) is -0.203. The van der Waals surface area contributed by atoms with Gasteiger partial charge < -0.3 is 14.5 Å². The summed E-state index contributed by atoms with van der Waals surface area (Å²) in [7, 11) is 0. The molecule has 6 heteroatoms. The highest BCUT2D eigenvalue weighted by atomic mass is 16.5. The van der Waals surface area contributed by atoms with Crippen LogP contribution >= 0.6 is 0 Å². The molecule has 1 fully saturated rings. The van der Waals surface area contributed by atoms with E-state index >= 15 is 0 Å². The Morgan fingerprint density at radius 3 is 3.22 bits per heavy atom. The van der Waals surface area contributed by atoms with Gasteiger partial charge in [0.25, 0.3) is 5.91 Å². The van der Waals surface area contributed by atoms with Gasteiger partial charge in [-0.15, -0.1) is 0 Å². The van der Waals surface area contributed by atoms with Gasteiger partial charge in [0.05, 0.1) is 36.4 Å². The number of aromatic nitrogens is 2. The minimum atomic E-state index is -0.203. The van der Waals surface area contributed by atoms with E-state index in [9.17, 15) is 4.79 Å². The predicted molar refractivity (Wildman–Crippen MR) is 63.4 cm³/mol. The summed E-state index contributed by atoms with van der Waals surface area (Å²) < 4.78 is 12.0. The summed E-state index contributed by atoms with van der Waals surface area (Å²) in [6.07, 6.45) is 7.28. The van der Waals surface area contributed by atoms with Crippen molar-refractivity contribution in [1.29, 1.82) is 0 Å². The lowest BCUT2D eigenvalue weighted by Crippen LogP contribution is -2.11. The topological polar surface area (TPSA) is 69.3 Å². The van der Waals surface area contributed by atoms with E-state index in [4.69, 9.17) is 9.15 Å². The van der Waals surface area contributed by atoms with Crippen LogP contribution in [0.3, 0.4) is 0 Å². The van der Waals surface area contributed by atoms with Gasteiger partial charge in [-0.1, -0.05) is 0 Å². The fourth-order valence-corrected chi connectivity index (χ4v) is 1.93. The summed E-state index contributed by atoms with van der Waals surface area (Å²) >= 11 is 0. The normalized spacial score (nSPS) is 19.0. The number of hydrogen-bond donors (Lipinski definition) is 1. The number of nitrogens with one attached hydrogen (secondary N) is 1. The fraction of sp³-hybridized carbons (Fsp3) is 0.333. The van der Waals surface area contributed by atoms with Crippen molar-refractivity contribution in [2.75, 3.05) is 18.5 Å². The van der Waals surface area contributed by atoms with E-state index in [1.54, 1.807) is 12.3 Å². The van der Waals surface area contributed by atoms with Crippen LogP contribution in [0.4, 0.5) is 5.69 Å². The molecule has 0 saturated carbocycles. The highest BCUT2D eigenvalue weighted by Gasteiger charge is 2.18. The Bertz CT molecular complexity index is 527. The fourth-order valence-electron chi connectivity index (χ4n) is 1.93. The Kier molecular flexibility index (Phi) is 2.85. The Morgan fingerprint density at radius 1 is 1.56 bits per heavy atom. The maximum Gasteiger partial charge on any atom is 0.259 e. The van der Waals surface area contributed by atoms with Gasteiger partial charge in [-0.3, -0.25) is 9.48 Å². The Morgan fingerprint density at radius 2 is 2.50 bits per heavy atom. The summed E-state index contributed by atoms with van der Waals surface area (Å²) in [6.45, 7) is 1.44. The molecule has 94 valence electrons. The van der Waals surface area contributed by atoms with Gasteiger partial charge in [0, 0.05) is 12.8 Å². The quantitative estimate of drug-likeness (QED) is 0.896. The number of furan rings is 1. The third-order valence-corrected chi connectivity index (χ3v) is 2.92. The molecule has 2 aromatic heterocycles. The van der Waals surface area contributed by atoms with Crippen molar-refractivity contribution < 1.29 is 13.9 Å². The van der Waals surface area contributed by atoms with Crippen molar-refractivity contribution in [2.45, 2.75) is 12.5 Å². The average Bonchev–Trinajstić information content (AvgIpc) is 3.12. The highest BCUT2D eigenvalue weighted by Crippen LogP contribution is 2.19. The minimum Gasteiger partial charge on any atom is -0.472 e. The minimum absolute atomic E-state index is 0.203. The third-order valence-electron chi connectivity index (χ3n) is 2.92. The van der Waals surface area contributed by atoms with Crippen LogP contribution in [-0.4, -0.2) is 28.9 Å². The summed E-state index contributed by atoms with van der Waals surface area (Å²) in [4.78, 5) is 11.8. The average molecular weight is 247 g/mol. The van der Waals surface area contributed by atoms with Crippen molar-refractivity contribution in [3.8, 4) is 0 Å². The van der Waals surface area contributed by atoms with Gasteiger partial charge in [-0.25, -0.2) is 0 Å². The first-order chi connectivity index (χ1) is 8.83. The van der Waals surface area contributed by atoms with Crippen molar-refractivity contribution in [3.63, 3.8) is 0 Å². The van der Waals surface area contributed by atoms with Crippen molar-refractivity contribution in [1.82, 2.24) is 9.78 Å². The molecule has 1 aliphatic rings. The molecule has 1 atom stereocenters. The Labute approximate surface area is 104 Å². The highest BCUT2D eigenvalue weighted by molar-refractivity contribution is 6.03. The second kappa shape index (κ2) is 4.66. The molecule has 1 N–H and O–H groups in total. The number of amides is 1. The zero-order valence-electron chi connectivity index (χ0n) is 9.70. The molecule has 3 heterocycles. The van der Waals surface area contributed by atoms with Crippen molar-refractivity contribution >= 4 is 11.6 Å². The molecule has 1 aliphatic heterocycles. The molecule has 1 amide bonds. The number of carbonyl (C=O) groups excluding carboxylic acids is 1. The van der Waals surface area contributed by atoms with Crippen molar-refractivity contribution in [3.05, 3.63) is 36.5 Å². The number of anilines is 1. The molecule has 3 rings (SSSR count). The number of carbonyl (C=O) groups is 1. The van der Waals surface area contributed by atoms with Gasteiger partial charge in [0.1, 0.15) is 6.26 Å². The number of rotatable bonds is 3. The van der Waals surface area contributed by atoms with Gasteiger partial charge in [0.15, 0.2) is 0 Å². The zero-order chi connectivity index (χ0) is 12.4.